The molecule has 2 aliphatic rings. The van der Waals surface area contributed by atoms with Crippen LogP contribution in [0.3, 0.4) is 0 Å². The molecule has 1 aromatic heterocycles. The number of rotatable bonds is 5. The summed E-state index contributed by atoms with van der Waals surface area (Å²) in [5.74, 6) is 2.13. The number of nitrogens with zero attached hydrogens (tertiary/aromatic N) is 3. The fourth-order valence-corrected chi connectivity index (χ4v) is 4.21. The second kappa shape index (κ2) is 8.86. The molecule has 3 heterocycles. The number of aryl methyl sites for hydroxylation is 1. The predicted octanol–water partition coefficient (Wildman–Crippen LogP) is 3.71. The van der Waals surface area contributed by atoms with Gasteiger partial charge in [-0.2, -0.15) is 0 Å². The average molecular weight is 431 g/mol. The van der Waals surface area contributed by atoms with Crippen LogP contribution in [0, 0.1) is 12.8 Å². The van der Waals surface area contributed by atoms with E-state index >= 15 is 0 Å². The number of aromatic nitrogens is 2. The van der Waals surface area contributed by atoms with Crippen LogP contribution in [-0.2, 0) is 11.3 Å². The van der Waals surface area contributed by atoms with Crippen LogP contribution in [-0.4, -0.2) is 35.8 Å². The van der Waals surface area contributed by atoms with Crippen LogP contribution in [0.15, 0.2) is 54.6 Å². The fraction of sp³-hybridized carbons (Fsp3) is 0.320. The monoisotopic (exact) mass is 430 g/mol. The maximum atomic E-state index is 12.9. The molecule has 0 bridgehead atoms. The Balaban J connectivity index is 1.25. The van der Waals surface area contributed by atoms with E-state index in [4.69, 9.17) is 14.5 Å². The highest BCUT2D eigenvalue weighted by atomic mass is 16.7. The Hall–Kier alpha value is -3.61. The lowest BCUT2D eigenvalue weighted by molar-refractivity contribution is -0.125. The van der Waals surface area contributed by atoms with Gasteiger partial charge in [-0.15, -0.1) is 0 Å². The largest absolute Gasteiger partial charge is 0.454 e. The van der Waals surface area contributed by atoms with Crippen LogP contribution in [0.25, 0.3) is 11.3 Å². The van der Waals surface area contributed by atoms with Gasteiger partial charge in [-0.3, -0.25) is 4.79 Å². The molecule has 0 saturated carbocycles. The van der Waals surface area contributed by atoms with Gasteiger partial charge in [-0.1, -0.05) is 36.4 Å². The SMILES string of the molecule is Cc1cc(-c2ccccc2)nc(N2CCCC(C(=O)NCc3ccc4c(c3)OCO4)C2)n1. The summed E-state index contributed by atoms with van der Waals surface area (Å²) in [5, 5.41) is 3.08. The maximum absolute atomic E-state index is 12.9. The molecule has 164 valence electrons. The molecule has 0 aliphatic carbocycles. The zero-order valence-electron chi connectivity index (χ0n) is 18.1. The normalized spacial score (nSPS) is 17.3. The third-order valence-electron chi connectivity index (χ3n) is 5.89. The first kappa shape index (κ1) is 20.3. The highest BCUT2D eigenvalue weighted by Gasteiger charge is 2.27. The van der Waals surface area contributed by atoms with Crippen LogP contribution in [0.5, 0.6) is 11.5 Å². The molecule has 1 fully saturated rings. The number of ether oxygens (including phenoxy) is 2. The standard InChI is InChI=1S/C25H26N4O3/c1-17-12-21(19-6-3-2-4-7-19)28-25(27-17)29-11-5-8-20(15-29)24(30)26-14-18-9-10-22-23(13-18)32-16-31-22/h2-4,6-7,9-10,12-13,20H,5,8,11,14-16H2,1H3,(H,26,30). The van der Waals surface area contributed by atoms with Crippen LogP contribution in [0.2, 0.25) is 0 Å². The van der Waals surface area contributed by atoms with Crippen molar-refractivity contribution < 1.29 is 14.3 Å². The van der Waals surface area contributed by atoms with E-state index in [1.165, 1.54) is 0 Å². The van der Waals surface area contributed by atoms with Crippen molar-refractivity contribution in [2.24, 2.45) is 5.92 Å². The Labute approximate surface area is 187 Å². The number of nitrogens with one attached hydrogen (secondary N) is 1. The van der Waals surface area contributed by atoms with E-state index in [2.05, 4.69) is 15.2 Å². The number of hydrogen-bond acceptors (Lipinski definition) is 6. The summed E-state index contributed by atoms with van der Waals surface area (Å²) in [4.78, 5) is 24.5. The zero-order chi connectivity index (χ0) is 21.9. The van der Waals surface area contributed by atoms with Gasteiger partial charge in [0.25, 0.3) is 0 Å². The van der Waals surface area contributed by atoms with Crippen molar-refractivity contribution in [1.82, 2.24) is 15.3 Å². The van der Waals surface area contributed by atoms with Gasteiger partial charge in [0.2, 0.25) is 18.6 Å². The Bertz CT molecular complexity index is 1120. The smallest absolute Gasteiger partial charge is 0.231 e. The number of piperidine rings is 1. The van der Waals surface area contributed by atoms with Crippen molar-refractivity contribution in [1.29, 1.82) is 0 Å². The molecule has 1 N–H and O–H groups in total. The molecular formula is C25H26N4O3. The second-order valence-corrected chi connectivity index (χ2v) is 8.25. The first-order valence-corrected chi connectivity index (χ1v) is 11.0. The fourth-order valence-electron chi connectivity index (χ4n) is 4.21. The van der Waals surface area contributed by atoms with Gasteiger partial charge in [0.05, 0.1) is 11.6 Å². The Morgan fingerprint density at radius 2 is 1.94 bits per heavy atom. The van der Waals surface area contributed by atoms with Crippen LogP contribution in [0.1, 0.15) is 24.1 Å². The molecule has 2 aromatic carbocycles. The summed E-state index contributed by atoms with van der Waals surface area (Å²) in [7, 11) is 0. The molecule has 0 radical (unpaired) electrons. The molecule has 1 atom stereocenters. The minimum atomic E-state index is -0.0953. The minimum absolute atomic E-state index is 0.0586. The van der Waals surface area contributed by atoms with E-state index in [1.54, 1.807) is 0 Å². The summed E-state index contributed by atoms with van der Waals surface area (Å²) in [5.41, 5.74) is 3.88. The molecule has 7 nitrogen and oxygen atoms in total. The van der Waals surface area contributed by atoms with Gasteiger partial charge in [-0.25, -0.2) is 9.97 Å². The van der Waals surface area contributed by atoms with Crippen molar-refractivity contribution in [2.45, 2.75) is 26.3 Å². The summed E-state index contributed by atoms with van der Waals surface area (Å²) in [6.07, 6.45) is 1.79. The number of fused-ring (bicyclic) bond motifs is 1. The van der Waals surface area contributed by atoms with Crippen molar-refractivity contribution in [3.63, 3.8) is 0 Å². The predicted molar refractivity (Wildman–Crippen MR) is 122 cm³/mol. The number of anilines is 1. The summed E-state index contributed by atoms with van der Waals surface area (Å²) < 4.78 is 10.8. The topological polar surface area (TPSA) is 76.6 Å². The molecule has 7 heteroatoms. The third-order valence-corrected chi connectivity index (χ3v) is 5.89. The van der Waals surface area contributed by atoms with Gasteiger partial charge in [0.1, 0.15) is 0 Å². The highest BCUT2D eigenvalue weighted by Crippen LogP contribution is 2.32. The van der Waals surface area contributed by atoms with Crippen molar-refractivity contribution >= 4 is 11.9 Å². The van der Waals surface area contributed by atoms with E-state index in [0.717, 1.165) is 53.4 Å². The third kappa shape index (κ3) is 4.37. The average Bonchev–Trinajstić information content (AvgIpc) is 3.31. The van der Waals surface area contributed by atoms with Crippen molar-refractivity contribution in [3.8, 4) is 22.8 Å². The lowest BCUT2D eigenvalue weighted by atomic mass is 9.97. The van der Waals surface area contributed by atoms with Gasteiger partial charge in [-0.05, 0) is 43.5 Å². The summed E-state index contributed by atoms with van der Waals surface area (Å²) in [6.45, 7) is 4.16. The summed E-state index contributed by atoms with van der Waals surface area (Å²) >= 11 is 0. The Kier molecular flexibility index (Phi) is 5.62. The highest BCUT2D eigenvalue weighted by molar-refractivity contribution is 5.79. The number of hydrogen-bond donors (Lipinski definition) is 1. The number of amides is 1. The van der Waals surface area contributed by atoms with Crippen LogP contribution < -0.4 is 19.7 Å². The Morgan fingerprint density at radius 1 is 1.09 bits per heavy atom. The van der Waals surface area contributed by atoms with Crippen LogP contribution in [0.4, 0.5) is 5.95 Å². The quantitative estimate of drug-likeness (QED) is 0.665. The molecular weight excluding hydrogens is 404 g/mol. The van der Waals surface area contributed by atoms with E-state index in [0.29, 0.717) is 19.0 Å². The van der Waals surface area contributed by atoms with Gasteiger partial charge < -0.3 is 19.7 Å². The second-order valence-electron chi connectivity index (χ2n) is 8.25. The van der Waals surface area contributed by atoms with Gasteiger partial charge >= 0.3 is 0 Å². The lowest BCUT2D eigenvalue weighted by Gasteiger charge is -2.32. The zero-order valence-corrected chi connectivity index (χ0v) is 18.1. The Morgan fingerprint density at radius 3 is 2.81 bits per heavy atom. The molecule has 5 rings (SSSR count). The minimum Gasteiger partial charge on any atom is -0.454 e. The van der Waals surface area contributed by atoms with Crippen LogP contribution >= 0.6 is 0 Å². The van der Waals surface area contributed by atoms with E-state index in [1.807, 2.05) is 61.5 Å². The molecule has 3 aromatic rings. The molecule has 1 unspecified atom stereocenters. The molecule has 0 spiro atoms. The molecule has 1 saturated heterocycles. The van der Waals surface area contributed by atoms with Gasteiger partial charge in [0, 0.05) is 30.9 Å². The summed E-state index contributed by atoms with van der Waals surface area (Å²) in [6, 6.07) is 17.9. The van der Waals surface area contributed by atoms with E-state index < -0.39 is 0 Å². The van der Waals surface area contributed by atoms with E-state index in [9.17, 15) is 4.79 Å². The number of benzene rings is 2. The molecule has 1 amide bonds. The maximum Gasteiger partial charge on any atom is 0.231 e. The van der Waals surface area contributed by atoms with Crippen molar-refractivity contribution in [2.75, 3.05) is 24.8 Å². The first-order valence-electron chi connectivity index (χ1n) is 11.0. The lowest BCUT2D eigenvalue weighted by Crippen LogP contribution is -2.43. The number of carbonyl (C=O) groups excluding carboxylic acids is 1. The van der Waals surface area contributed by atoms with Crippen molar-refractivity contribution in [3.05, 3.63) is 65.9 Å². The first-order chi connectivity index (χ1) is 15.7. The molecule has 2 aliphatic heterocycles. The number of carbonyl (C=O) groups is 1. The molecule has 32 heavy (non-hydrogen) atoms. The van der Waals surface area contributed by atoms with E-state index in [-0.39, 0.29) is 18.6 Å². The van der Waals surface area contributed by atoms with Gasteiger partial charge in [0.15, 0.2) is 11.5 Å².